The molecular weight excluding hydrogens is 162 g/mol. The Hall–Kier alpha value is -0.340. The van der Waals surface area contributed by atoms with E-state index < -0.39 is 0 Å². The van der Waals surface area contributed by atoms with E-state index in [0.717, 1.165) is 32.6 Å². The highest BCUT2D eigenvalue weighted by Gasteiger charge is 2.01. The molecule has 1 atom stereocenters. The standard InChI is InChI=1S/C11H23NO/c1-4-9-12-11(5-2)8-7-10-13-6-3/h5,11-12H,2,4,6-10H2,1,3H3. The molecule has 13 heavy (non-hydrogen) atoms. The first-order valence-electron chi connectivity index (χ1n) is 5.28. The maximum absolute atomic E-state index is 5.27. The van der Waals surface area contributed by atoms with Gasteiger partial charge in [-0.3, -0.25) is 0 Å². The Bertz CT molecular complexity index is 115. The smallest absolute Gasteiger partial charge is 0.0466 e. The van der Waals surface area contributed by atoms with E-state index in [4.69, 9.17) is 4.74 Å². The number of nitrogens with one attached hydrogen (secondary N) is 1. The largest absolute Gasteiger partial charge is 0.382 e. The molecule has 2 nitrogen and oxygen atoms in total. The van der Waals surface area contributed by atoms with E-state index in [1.807, 2.05) is 13.0 Å². The molecule has 0 aliphatic carbocycles. The zero-order valence-electron chi connectivity index (χ0n) is 9.01. The highest BCUT2D eigenvalue weighted by Crippen LogP contribution is 1.98. The number of rotatable bonds is 9. The van der Waals surface area contributed by atoms with Gasteiger partial charge in [-0.2, -0.15) is 0 Å². The average Bonchev–Trinajstić information content (AvgIpc) is 2.17. The summed E-state index contributed by atoms with van der Waals surface area (Å²) in [5.41, 5.74) is 0. The first kappa shape index (κ1) is 12.7. The van der Waals surface area contributed by atoms with Crippen molar-refractivity contribution in [2.75, 3.05) is 19.8 Å². The SMILES string of the molecule is C=CC(CCCOCC)NCCC. The second kappa shape index (κ2) is 9.75. The molecular formula is C11H23NO. The minimum absolute atomic E-state index is 0.459. The summed E-state index contributed by atoms with van der Waals surface area (Å²) in [6.07, 6.45) is 5.40. The average molecular weight is 185 g/mol. The van der Waals surface area contributed by atoms with Gasteiger partial charge in [0.2, 0.25) is 0 Å². The molecule has 2 heteroatoms. The van der Waals surface area contributed by atoms with Crippen molar-refractivity contribution in [3.8, 4) is 0 Å². The van der Waals surface area contributed by atoms with E-state index in [1.54, 1.807) is 0 Å². The maximum Gasteiger partial charge on any atom is 0.0466 e. The van der Waals surface area contributed by atoms with E-state index in [9.17, 15) is 0 Å². The molecule has 0 aromatic rings. The van der Waals surface area contributed by atoms with Crippen LogP contribution >= 0.6 is 0 Å². The third-order valence-electron chi connectivity index (χ3n) is 1.95. The van der Waals surface area contributed by atoms with Crippen molar-refractivity contribution in [1.29, 1.82) is 0 Å². The Kier molecular flexibility index (Phi) is 9.49. The van der Waals surface area contributed by atoms with Gasteiger partial charge in [0.25, 0.3) is 0 Å². The molecule has 0 spiro atoms. The van der Waals surface area contributed by atoms with E-state index in [0.29, 0.717) is 6.04 Å². The van der Waals surface area contributed by atoms with Crippen LogP contribution in [0.2, 0.25) is 0 Å². The molecule has 0 aromatic heterocycles. The lowest BCUT2D eigenvalue weighted by atomic mass is 10.1. The van der Waals surface area contributed by atoms with E-state index in [2.05, 4.69) is 18.8 Å². The van der Waals surface area contributed by atoms with Crippen LogP contribution in [0.5, 0.6) is 0 Å². The van der Waals surface area contributed by atoms with Crippen LogP contribution in [0.25, 0.3) is 0 Å². The minimum Gasteiger partial charge on any atom is -0.382 e. The summed E-state index contributed by atoms with van der Waals surface area (Å²) in [7, 11) is 0. The van der Waals surface area contributed by atoms with Crippen molar-refractivity contribution in [3.63, 3.8) is 0 Å². The predicted octanol–water partition coefficient (Wildman–Crippen LogP) is 2.36. The van der Waals surface area contributed by atoms with Crippen molar-refractivity contribution in [2.45, 2.75) is 39.2 Å². The second-order valence-electron chi connectivity index (χ2n) is 3.14. The molecule has 0 heterocycles. The first-order chi connectivity index (χ1) is 6.35. The first-order valence-corrected chi connectivity index (χ1v) is 5.28. The molecule has 0 radical (unpaired) electrons. The summed E-state index contributed by atoms with van der Waals surface area (Å²) >= 11 is 0. The third-order valence-corrected chi connectivity index (χ3v) is 1.95. The van der Waals surface area contributed by atoms with E-state index >= 15 is 0 Å². The Morgan fingerprint density at radius 1 is 1.46 bits per heavy atom. The maximum atomic E-state index is 5.27. The molecule has 0 aliphatic rings. The topological polar surface area (TPSA) is 21.3 Å². The highest BCUT2D eigenvalue weighted by molar-refractivity contribution is 4.84. The molecule has 1 unspecified atom stereocenters. The Morgan fingerprint density at radius 3 is 2.77 bits per heavy atom. The van der Waals surface area contributed by atoms with Crippen LogP contribution in [0.15, 0.2) is 12.7 Å². The predicted molar refractivity (Wildman–Crippen MR) is 58.0 cm³/mol. The molecule has 78 valence electrons. The summed E-state index contributed by atoms with van der Waals surface area (Å²) in [6, 6.07) is 0.459. The van der Waals surface area contributed by atoms with Gasteiger partial charge in [-0.25, -0.2) is 0 Å². The molecule has 0 fully saturated rings. The summed E-state index contributed by atoms with van der Waals surface area (Å²) in [5.74, 6) is 0. The second-order valence-corrected chi connectivity index (χ2v) is 3.14. The Morgan fingerprint density at radius 2 is 2.23 bits per heavy atom. The number of hydrogen-bond acceptors (Lipinski definition) is 2. The van der Waals surface area contributed by atoms with Crippen LogP contribution < -0.4 is 5.32 Å². The Labute approximate surface area is 82.4 Å². The zero-order chi connectivity index (χ0) is 9.94. The van der Waals surface area contributed by atoms with Crippen LogP contribution in [0.1, 0.15) is 33.1 Å². The fourth-order valence-electron chi connectivity index (χ4n) is 1.18. The Balaban J connectivity index is 3.31. The van der Waals surface area contributed by atoms with Crippen molar-refractivity contribution < 1.29 is 4.74 Å². The summed E-state index contributed by atoms with van der Waals surface area (Å²) < 4.78 is 5.27. The van der Waals surface area contributed by atoms with E-state index in [-0.39, 0.29) is 0 Å². The van der Waals surface area contributed by atoms with Crippen LogP contribution in [0, 0.1) is 0 Å². The normalized spacial score (nSPS) is 12.8. The van der Waals surface area contributed by atoms with Crippen LogP contribution in [-0.2, 0) is 4.74 Å². The van der Waals surface area contributed by atoms with Crippen LogP contribution in [0.3, 0.4) is 0 Å². The van der Waals surface area contributed by atoms with Gasteiger partial charge in [-0.15, -0.1) is 6.58 Å². The third kappa shape index (κ3) is 8.00. The van der Waals surface area contributed by atoms with Gasteiger partial charge >= 0.3 is 0 Å². The molecule has 0 saturated carbocycles. The molecule has 0 bridgehead atoms. The molecule has 0 rings (SSSR count). The van der Waals surface area contributed by atoms with Crippen LogP contribution in [-0.4, -0.2) is 25.8 Å². The fourth-order valence-corrected chi connectivity index (χ4v) is 1.18. The molecule has 1 N–H and O–H groups in total. The minimum atomic E-state index is 0.459. The number of hydrogen-bond donors (Lipinski definition) is 1. The lowest BCUT2D eigenvalue weighted by Crippen LogP contribution is -2.27. The summed E-state index contributed by atoms with van der Waals surface area (Å²) in [6.45, 7) is 10.8. The van der Waals surface area contributed by atoms with Crippen molar-refractivity contribution in [3.05, 3.63) is 12.7 Å². The quantitative estimate of drug-likeness (QED) is 0.440. The van der Waals surface area contributed by atoms with Gasteiger partial charge in [0, 0.05) is 19.3 Å². The monoisotopic (exact) mass is 185 g/mol. The number of ether oxygens (including phenoxy) is 1. The van der Waals surface area contributed by atoms with Crippen molar-refractivity contribution >= 4 is 0 Å². The highest BCUT2D eigenvalue weighted by atomic mass is 16.5. The van der Waals surface area contributed by atoms with Crippen LogP contribution in [0.4, 0.5) is 0 Å². The molecule has 0 saturated heterocycles. The lowest BCUT2D eigenvalue weighted by Gasteiger charge is -2.13. The molecule has 0 amide bonds. The summed E-state index contributed by atoms with van der Waals surface area (Å²) in [5, 5.41) is 3.42. The van der Waals surface area contributed by atoms with Gasteiger partial charge in [0.15, 0.2) is 0 Å². The molecule has 0 aliphatic heterocycles. The van der Waals surface area contributed by atoms with Gasteiger partial charge < -0.3 is 10.1 Å². The van der Waals surface area contributed by atoms with Gasteiger partial charge in [0.05, 0.1) is 0 Å². The fraction of sp³-hybridized carbons (Fsp3) is 0.818. The summed E-state index contributed by atoms with van der Waals surface area (Å²) in [4.78, 5) is 0. The molecule has 0 aromatic carbocycles. The van der Waals surface area contributed by atoms with Crippen molar-refractivity contribution in [2.24, 2.45) is 0 Å². The van der Waals surface area contributed by atoms with Gasteiger partial charge in [-0.1, -0.05) is 13.0 Å². The van der Waals surface area contributed by atoms with E-state index in [1.165, 1.54) is 6.42 Å². The lowest BCUT2D eigenvalue weighted by molar-refractivity contribution is 0.142. The van der Waals surface area contributed by atoms with Gasteiger partial charge in [0.1, 0.15) is 0 Å². The van der Waals surface area contributed by atoms with Gasteiger partial charge in [-0.05, 0) is 32.7 Å². The van der Waals surface area contributed by atoms with Crippen molar-refractivity contribution in [1.82, 2.24) is 5.32 Å². The zero-order valence-corrected chi connectivity index (χ0v) is 9.01.